The Labute approximate surface area is 129 Å². The molecule has 1 heterocycles. The lowest BCUT2D eigenvalue weighted by molar-refractivity contribution is 0.0958. The number of sulfonamides is 1. The van der Waals surface area contributed by atoms with Crippen molar-refractivity contribution in [2.75, 3.05) is 19.6 Å². The van der Waals surface area contributed by atoms with Crippen molar-refractivity contribution in [3.8, 4) is 0 Å². The molecule has 1 aromatic carbocycles. The second kappa shape index (κ2) is 6.60. The van der Waals surface area contributed by atoms with Crippen LogP contribution < -0.4 is 5.32 Å². The second-order valence-corrected chi connectivity index (χ2v) is 7.10. The van der Waals surface area contributed by atoms with Gasteiger partial charge >= 0.3 is 0 Å². The number of rotatable bonds is 5. The molecule has 0 aliphatic carbocycles. The summed E-state index contributed by atoms with van der Waals surface area (Å²) >= 11 is 5.98. The minimum Gasteiger partial charge on any atom is -0.349 e. The van der Waals surface area contributed by atoms with Crippen LogP contribution >= 0.6 is 11.6 Å². The predicted octanol–water partition coefficient (Wildman–Crippen LogP) is 2.04. The fourth-order valence-electron chi connectivity index (χ4n) is 2.18. The Kier molecular flexibility index (Phi) is 5.03. The summed E-state index contributed by atoms with van der Waals surface area (Å²) in [5.41, 5.74) is 0.152. The summed E-state index contributed by atoms with van der Waals surface area (Å²) in [6, 6.07) is 4.20. The van der Waals surface area contributed by atoms with Gasteiger partial charge in [-0.3, -0.25) is 4.79 Å². The molecule has 7 heteroatoms. The summed E-state index contributed by atoms with van der Waals surface area (Å²) < 4.78 is 26.4. The average Bonchev–Trinajstić information content (AvgIpc) is 3.00. The van der Waals surface area contributed by atoms with Gasteiger partial charge in [0.25, 0.3) is 5.91 Å². The van der Waals surface area contributed by atoms with E-state index in [1.54, 1.807) is 0 Å². The smallest absolute Gasteiger partial charge is 0.253 e. The van der Waals surface area contributed by atoms with Gasteiger partial charge in [-0.2, -0.15) is 4.31 Å². The maximum Gasteiger partial charge on any atom is 0.253 e. The lowest BCUT2D eigenvalue weighted by atomic mass is 10.2. The van der Waals surface area contributed by atoms with Crippen molar-refractivity contribution in [3.63, 3.8) is 0 Å². The third-order valence-electron chi connectivity index (χ3n) is 3.29. The minimum absolute atomic E-state index is 0.0950. The van der Waals surface area contributed by atoms with Gasteiger partial charge in [-0.15, -0.1) is 6.58 Å². The summed E-state index contributed by atoms with van der Waals surface area (Å²) in [6.07, 6.45) is 3.26. The topological polar surface area (TPSA) is 66.5 Å². The highest BCUT2D eigenvalue weighted by atomic mass is 35.5. The monoisotopic (exact) mass is 328 g/mol. The maximum atomic E-state index is 12.5. The van der Waals surface area contributed by atoms with Gasteiger partial charge in [0.2, 0.25) is 10.0 Å². The van der Waals surface area contributed by atoms with E-state index in [1.165, 1.54) is 28.6 Å². The molecule has 1 aliphatic heterocycles. The van der Waals surface area contributed by atoms with Crippen molar-refractivity contribution in [1.29, 1.82) is 0 Å². The highest BCUT2D eigenvalue weighted by Crippen LogP contribution is 2.25. The first-order valence-electron chi connectivity index (χ1n) is 6.65. The molecule has 0 bridgehead atoms. The van der Waals surface area contributed by atoms with Crippen LogP contribution in [-0.2, 0) is 10.0 Å². The van der Waals surface area contributed by atoms with Crippen LogP contribution in [0, 0.1) is 0 Å². The Morgan fingerprint density at radius 1 is 1.38 bits per heavy atom. The Bertz CT molecular complexity index is 652. The summed E-state index contributed by atoms with van der Waals surface area (Å²) in [7, 11) is -3.56. The molecule has 1 aliphatic rings. The first-order chi connectivity index (χ1) is 9.96. The molecule has 1 saturated heterocycles. The van der Waals surface area contributed by atoms with E-state index in [0.29, 0.717) is 13.1 Å². The van der Waals surface area contributed by atoms with Gasteiger partial charge in [-0.25, -0.2) is 8.42 Å². The van der Waals surface area contributed by atoms with Crippen molar-refractivity contribution >= 4 is 27.5 Å². The quantitative estimate of drug-likeness (QED) is 0.841. The Morgan fingerprint density at radius 2 is 2.05 bits per heavy atom. The van der Waals surface area contributed by atoms with Crippen molar-refractivity contribution in [1.82, 2.24) is 9.62 Å². The van der Waals surface area contributed by atoms with Gasteiger partial charge in [-0.1, -0.05) is 17.7 Å². The molecular formula is C14H17ClN2O3S. The van der Waals surface area contributed by atoms with Gasteiger partial charge in [0.05, 0.1) is 15.5 Å². The molecule has 0 aromatic heterocycles. The van der Waals surface area contributed by atoms with Crippen molar-refractivity contribution in [3.05, 3.63) is 41.4 Å². The van der Waals surface area contributed by atoms with Gasteiger partial charge in [-0.05, 0) is 31.0 Å². The van der Waals surface area contributed by atoms with Crippen LogP contribution in [0.1, 0.15) is 23.2 Å². The number of hydrogen-bond acceptors (Lipinski definition) is 3. The van der Waals surface area contributed by atoms with E-state index in [2.05, 4.69) is 11.9 Å². The molecule has 0 radical (unpaired) electrons. The number of carbonyl (C=O) groups excluding carboxylic acids is 1. The van der Waals surface area contributed by atoms with E-state index >= 15 is 0 Å². The molecular weight excluding hydrogens is 312 g/mol. The molecule has 21 heavy (non-hydrogen) atoms. The van der Waals surface area contributed by atoms with Crippen LogP contribution in [0.3, 0.4) is 0 Å². The first-order valence-corrected chi connectivity index (χ1v) is 8.47. The molecule has 1 N–H and O–H groups in total. The third kappa shape index (κ3) is 3.45. The van der Waals surface area contributed by atoms with Crippen molar-refractivity contribution in [2.45, 2.75) is 17.7 Å². The van der Waals surface area contributed by atoms with E-state index in [4.69, 9.17) is 11.6 Å². The molecule has 0 unspecified atom stereocenters. The molecule has 5 nitrogen and oxygen atoms in total. The highest BCUT2D eigenvalue weighted by molar-refractivity contribution is 7.89. The fraction of sp³-hybridized carbons (Fsp3) is 0.357. The largest absolute Gasteiger partial charge is 0.349 e. The summed E-state index contributed by atoms with van der Waals surface area (Å²) in [6.45, 7) is 4.83. The fourth-order valence-corrected chi connectivity index (χ4v) is 3.92. The zero-order valence-electron chi connectivity index (χ0n) is 11.5. The second-order valence-electron chi connectivity index (χ2n) is 4.75. The van der Waals surface area contributed by atoms with E-state index < -0.39 is 15.9 Å². The van der Waals surface area contributed by atoms with E-state index in [0.717, 1.165) is 12.8 Å². The Morgan fingerprint density at radius 3 is 2.67 bits per heavy atom. The Hall–Kier alpha value is -1.37. The number of benzene rings is 1. The molecule has 0 saturated carbocycles. The number of halogens is 1. The zero-order valence-corrected chi connectivity index (χ0v) is 13.1. The number of nitrogens with one attached hydrogen (secondary N) is 1. The Balaban J connectivity index is 2.33. The first kappa shape index (κ1) is 16.0. The van der Waals surface area contributed by atoms with Gasteiger partial charge in [0.15, 0.2) is 0 Å². The standard InChI is InChI=1S/C14H17ClN2O3S/c1-2-7-16-14(18)12-10-11(5-6-13(12)15)21(19,20)17-8-3-4-9-17/h2,5-6,10H,1,3-4,7-9H2,(H,16,18). The summed E-state index contributed by atoms with van der Waals surface area (Å²) in [4.78, 5) is 12.1. The van der Waals surface area contributed by atoms with Crippen LogP contribution in [0.2, 0.25) is 5.02 Å². The SMILES string of the molecule is C=CCNC(=O)c1cc(S(=O)(=O)N2CCCC2)ccc1Cl. The molecule has 0 atom stereocenters. The zero-order chi connectivity index (χ0) is 15.5. The molecule has 114 valence electrons. The molecule has 2 rings (SSSR count). The van der Waals surface area contributed by atoms with E-state index in [1.807, 2.05) is 0 Å². The third-order valence-corrected chi connectivity index (χ3v) is 5.52. The predicted molar refractivity (Wildman–Crippen MR) is 82.0 cm³/mol. The summed E-state index contributed by atoms with van der Waals surface area (Å²) in [5.74, 6) is -0.418. The lowest BCUT2D eigenvalue weighted by Crippen LogP contribution is -2.28. The lowest BCUT2D eigenvalue weighted by Gasteiger charge is -2.16. The van der Waals surface area contributed by atoms with Crippen LogP contribution in [0.4, 0.5) is 0 Å². The average molecular weight is 329 g/mol. The molecule has 1 aromatic rings. The van der Waals surface area contributed by atoms with Crippen LogP contribution in [0.5, 0.6) is 0 Å². The van der Waals surface area contributed by atoms with Gasteiger partial charge < -0.3 is 5.32 Å². The number of nitrogens with zero attached hydrogens (tertiary/aromatic N) is 1. The van der Waals surface area contributed by atoms with Crippen LogP contribution in [0.25, 0.3) is 0 Å². The molecule has 1 fully saturated rings. The number of amides is 1. The van der Waals surface area contributed by atoms with E-state index in [9.17, 15) is 13.2 Å². The van der Waals surface area contributed by atoms with E-state index in [-0.39, 0.29) is 22.0 Å². The maximum absolute atomic E-state index is 12.5. The van der Waals surface area contributed by atoms with Crippen LogP contribution in [-0.4, -0.2) is 38.3 Å². The van der Waals surface area contributed by atoms with Crippen molar-refractivity contribution in [2.24, 2.45) is 0 Å². The molecule has 0 spiro atoms. The minimum atomic E-state index is -3.56. The normalized spacial score (nSPS) is 15.9. The molecule has 1 amide bonds. The van der Waals surface area contributed by atoms with Gasteiger partial charge in [0.1, 0.15) is 0 Å². The van der Waals surface area contributed by atoms with Crippen molar-refractivity contribution < 1.29 is 13.2 Å². The number of hydrogen-bond donors (Lipinski definition) is 1. The number of carbonyl (C=O) groups is 1. The summed E-state index contributed by atoms with van der Waals surface area (Å²) in [5, 5.41) is 2.81. The van der Waals surface area contributed by atoms with Crippen LogP contribution in [0.15, 0.2) is 35.7 Å². The highest BCUT2D eigenvalue weighted by Gasteiger charge is 2.28. The van der Waals surface area contributed by atoms with Gasteiger partial charge in [0, 0.05) is 19.6 Å².